The molecule has 4 fully saturated rings. The van der Waals surface area contributed by atoms with Gasteiger partial charge in [0.25, 0.3) is 0 Å². The summed E-state index contributed by atoms with van der Waals surface area (Å²) >= 11 is 0. The van der Waals surface area contributed by atoms with E-state index in [0.717, 1.165) is 44.9 Å². The Bertz CT molecular complexity index is 569. The maximum absolute atomic E-state index is 12.2. The van der Waals surface area contributed by atoms with Crippen molar-refractivity contribution in [1.29, 1.82) is 0 Å². The van der Waals surface area contributed by atoms with Gasteiger partial charge < -0.3 is 5.11 Å². The Morgan fingerprint density at radius 2 is 1.88 bits per heavy atom. The van der Waals surface area contributed by atoms with E-state index in [1.54, 1.807) is 6.92 Å². The Balaban J connectivity index is 1.68. The van der Waals surface area contributed by atoms with Gasteiger partial charge in [-0.15, -0.1) is 0 Å². The van der Waals surface area contributed by atoms with E-state index in [9.17, 15) is 14.7 Å². The number of carbonyl (C=O) groups is 2. The molecule has 0 unspecified atom stereocenters. The molecule has 3 nitrogen and oxygen atoms in total. The average molecular weight is 332 g/mol. The quantitative estimate of drug-likeness (QED) is 0.795. The topological polar surface area (TPSA) is 54.4 Å². The summed E-state index contributed by atoms with van der Waals surface area (Å²) in [6, 6.07) is 0. The predicted molar refractivity (Wildman–Crippen MR) is 92.3 cm³/mol. The van der Waals surface area contributed by atoms with Crippen LogP contribution in [-0.4, -0.2) is 22.8 Å². The number of ketones is 2. The van der Waals surface area contributed by atoms with E-state index in [1.807, 2.05) is 0 Å². The molecule has 0 aliphatic heterocycles. The van der Waals surface area contributed by atoms with Crippen molar-refractivity contribution in [2.24, 2.45) is 40.4 Å². The highest BCUT2D eigenvalue weighted by Crippen LogP contribution is 2.67. The summed E-state index contributed by atoms with van der Waals surface area (Å²) in [6.07, 6.45) is 7.27. The molecule has 4 rings (SSSR count). The van der Waals surface area contributed by atoms with Gasteiger partial charge in [-0.1, -0.05) is 13.8 Å². The third-order valence-electron chi connectivity index (χ3n) is 8.90. The van der Waals surface area contributed by atoms with Crippen LogP contribution in [0.4, 0.5) is 0 Å². The number of carbonyl (C=O) groups excluding carboxylic acids is 2. The Morgan fingerprint density at radius 1 is 1.12 bits per heavy atom. The molecule has 8 atom stereocenters. The maximum atomic E-state index is 12.2. The van der Waals surface area contributed by atoms with Gasteiger partial charge in [-0.05, 0) is 80.0 Å². The monoisotopic (exact) mass is 332 g/mol. The van der Waals surface area contributed by atoms with Gasteiger partial charge in [-0.25, -0.2) is 0 Å². The molecule has 134 valence electrons. The highest BCUT2D eigenvalue weighted by atomic mass is 16.3. The molecule has 0 amide bonds. The third kappa shape index (κ3) is 2.12. The summed E-state index contributed by atoms with van der Waals surface area (Å²) in [5, 5.41) is 11.2. The fraction of sp³-hybridized carbons (Fsp3) is 0.905. The van der Waals surface area contributed by atoms with E-state index < -0.39 is 0 Å². The molecule has 0 saturated heterocycles. The van der Waals surface area contributed by atoms with Crippen molar-refractivity contribution < 1.29 is 14.7 Å². The van der Waals surface area contributed by atoms with Crippen LogP contribution < -0.4 is 0 Å². The molecule has 0 radical (unpaired) electrons. The second-order valence-corrected chi connectivity index (χ2v) is 9.84. The molecule has 1 N–H and O–H groups in total. The lowest BCUT2D eigenvalue weighted by atomic mass is 9.44. The van der Waals surface area contributed by atoms with Gasteiger partial charge in [0.05, 0.1) is 6.10 Å². The van der Waals surface area contributed by atoms with Crippen LogP contribution in [0.15, 0.2) is 0 Å². The van der Waals surface area contributed by atoms with E-state index in [4.69, 9.17) is 0 Å². The van der Waals surface area contributed by atoms with Gasteiger partial charge in [0.2, 0.25) is 0 Å². The first kappa shape index (κ1) is 16.8. The van der Waals surface area contributed by atoms with Crippen LogP contribution in [0.5, 0.6) is 0 Å². The smallest absolute Gasteiger partial charge is 0.133 e. The first-order chi connectivity index (χ1) is 11.3. The molecular weight excluding hydrogens is 300 g/mol. The lowest BCUT2D eigenvalue weighted by Crippen LogP contribution is -2.59. The molecule has 4 aliphatic rings. The highest BCUT2D eigenvalue weighted by Gasteiger charge is 2.63. The van der Waals surface area contributed by atoms with E-state index in [1.165, 1.54) is 0 Å². The van der Waals surface area contributed by atoms with Gasteiger partial charge in [0.1, 0.15) is 11.6 Å². The van der Waals surface area contributed by atoms with Crippen LogP contribution in [-0.2, 0) is 9.59 Å². The van der Waals surface area contributed by atoms with E-state index in [0.29, 0.717) is 41.7 Å². The zero-order chi connectivity index (χ0) is 17.3. The second kappa shape index (κ2) is 5.40. The fourth-order valence-corrected chi connectivity index (χ4v) is 7.84. The van der Waals surface area contributed by atoms with Crippen molar-refractivity contribution in [3.8, 4) is 0 Å². The Morgan fingerprint density at radius 3 is 2.58 bits per heavy atom. The number of hydrogen-bond donors (Lipinski definition) is 1. The molecule has 4 saturated carbocycles. The lowest BCUT2D eigenvalue weighted by molar-refractivity contribution is -0.173. The summed E-state index contributed by atoms with van der Waals surface area (Å²) in [5.41, 5.74) is 0.103. The van der Waals surface area contributed by atoms with Crippen LogP contribution >= 0.6 is 0 Å². The molecular formula is C21H32O3. The number of Topliss-reactive ketones (excluding diaryl/α,β-unsaturated/α-hetero) is 2. The van der Waals surface area contributed by atoms with Crippen LogP contribution in [0.3, 0.4) is 0 Å². The maximum Gasteiger partial charge on any atom is 0.133 e. The van der Waals surface area contributed by atoms with E-state index >= 15 is 0 Å². The summed E-state index contributed by atoms with van der Waals surface area (Å²) < 4.78 is 0. The summed E-state index contributed by atoms with van der Waals surface area (Å²) in [4.78, 5) is 24.1. The fourth-order valence-electron chi connectivity index (χ4n) is 7.84. The van der Waals surface area contributed by atoms with Crippen molar-refractivity contribution in [3.05, 3.63) is 0 Å². The van der Waals surface area contributed by atoms with E-state index in [2.05, 4.69) is 13.8 Å². The lowest BCUT2D eigenvalue weighted by Gasteiger charge is -2.61. The second-order valence-electron chi connectivity index (χ2n) is 9.84. The number of aliphatic hydroxyl groups excluding tert-OH is 1. The zero-order valence-corrected chi connectivity index (χ0v) is 15.4. The number of fused-ring (bicyclic) bond motifs is 5. The first-order valence-corrected chi connectivity index (χ1v) is 9.97. The van der Waals surface area contributed by atoms with Crippen LogP contribution in [0, 0.1) is 40.4 Å². The summed E-state index contributed by atoms with van der Waals surface area (Å²) in [6.45, 7) is 6.36. The Labute approximate surface area is 145 Å². The van der Waals surface area contributed by atoms with Crippen molar-refractivity contribution >= 4 is 11.6 Å². The number of rotatable bonds is 1. The van der Waals surface area contributed by atoms with Crippen molar-refractivity contribution in [2.45, 2.75) is 78.2 Å². The van der Waals surface area contributed by atoms with Gasteiger partial charge in [-0.3, -0.25) is 9.59 Å². The third-order valence-corrected chi connectivity index (χ3v) is 8.90. The van der Waals surface area contributed by atoms with Gasteiger partial charge in [0, 0.05) is 18.8 Å². The first-order valence-electron chi connectivity index (χ1n) is 9.97. The van der Waals surface area contributed by atoms with Gasteiger partial charge in [-0.2, -0.15) is 0 Å². The van der Waals surface area contributed by atoms with Crippen molar-refractivity contribution in [1.82, 2.24) is 0 Å². The minimum absolute atomic E-state index is 0.0138. The molecule has 24 heavy (non-hydrogen) atoms. The van der Waals surface area contributed by atoms with Crippen LogP contribution in [0.2, 0.25) is 0 Å². The van der Waals surface area contributed by atoms with Gasteiger partial charge >= 0.3 is 0 Å². The average Bonchev–Trinajstić information content (AvgIpc) is 2.84. The van der Waals surface area contributed by atoms with Gasteiger partial charge in [0.15, 0.2) is 0 Å². The summed E-state index contributed by atoms with van der Waals surface area (Å²) in [7, 11) is 0. The highest BCUT2D eigenvalue weighted by molar-refractivity contribution is 5.80. The SMILES string of the molecule is CC(=O)[C@H]1CC[C@@H]2[C@H]3CC[C@@H]4CC(=O)CC[C@]4(C)[C@H]3[C@@H](O)C[C@]12C. The van der Waals surface area contributed by atoms with Crippen LogP contribution in [0.1, 0.15) is 72.1 Å². The van der Waals surface area contributed by atoms with Crippen molar-refractivity contribution in [3.63, 3.8) is 0 Å². The predicted octanol–water partition coefficient (Wildman–Crippen LogP) is 3.77. The molecule has 0 aromatic carbocycles. The summed E-state index contributed by atoms with van der Waals surface area (Å²) in [5.74, 6) is 2.78. The molecule has 0 aromatic rings. The molecule has 0 bridgehead atoms. The minimum atomic E-state index is -0.308. The van der Waals surface area contributed by atoms with E-state index in [-0.39, 0.29) is 22.9 Å². The molecule has 0 aromatic heterocycles. The zero-order valence-electron chi connectivity index (χ0n) is 15.4. The normalized spacial score (nSPS) is 53.9. The molecule has 0 heterocycles. The standard InChI is InChI=1S/C21H32O3/c1-12(22)16-6-7-17-15-5-4-13-10-14(23)8-9-20(13,2)19(15)18(24)11-21(16,17)3/h13,15-19,24H,4-11H2,1-3H3/t13-,15-,16-,17-,18+,19-,20+,21-/m1/s1. The Kier molecular flexibility index (Phi) is 3.77. The van der Waals surface area contributed by atoms with Crippen molar-refractivity contribution in [2.75, 3.05) is 0 Å². The number of aliphatic hydroxyl groups is 1. The minimum Gasteiger partial charge on any atom is -0.393 e. The molecule has 0 spiro atoms. The Hall–Kier alpha value is -0.700. The molecule has 3 heteroatoms. The van der Waals surface area contributed by atoms with Crippen LogP contribution in [0.25, 0.3) is 0 Å². The molecule has 4 aliphatic carbocycles. The number of hydrogen-bond acceptors (Lipinski definition) is 3. The largest absolute Gasteiger partial charge is 0.393 e.